The van der Waals surface area contributed by atoms with Gasteiger partial charge in [-0.1, -0.05) is 23.2 Å². The van der Waals surface area contributed by atoms with Crippen LogP contribution in [0.5, 0.6) is 0 Å². The minimum absolute atomic E-state index is 0.259. The van der Waals surface area contributed by atoms with E-state index in [4.69, 9.17) is 23.2 Å². The van der Waals surface area contributed by atoms with E-state index >= 15 is 0 Å². The number of rotatable bonds is 4. The lowest BCUT2D eigenvalue weighted by molar-refractivity contribution is 0.102. The van der Waals surface area contributed by atoms with Crippen LogP contribution in [0.3, 0.4) is 0 Å². The van der Waals surface area contributed by atoms with Crippen LogP contribution in [0.15, 0.2) is 54.9 Å². The highest BCUT2D eigenvalue weighted by atomic mass is 35.5. The summed E-state index contributed by atoms with van der Waals surface area (Å²) in [5.74, 6) is 0.450. The molecule has 0 saturated carbocycles. The zero-order chi connectivity index (χ0) is 17.8. The number of nitrogens with one attached hydrogen (secondary N) is 2. The highest BCUT2D eigenvalue weighted by molar-refractivity contribution is 6.42. The summed E-state index contributed by atoms with van der Waals surface area (Å²) < 4.78 is 0. The number of carbonyl (C=O) groups excluding carboxylic acids is 1. The highest BCUT2D eigenvalue weighted by Gasteiger charge is 2.08. The van der Waals surface area contributed by atoms with Crippen molar-refractivity contribution in [2.75, 3.05) is 10.6 Å². The summed E-state index contributed by atoms with van der Waals surface area (Å²) in [5, 5.41) is 6.74. The number of hydrogen-bond donors (Lipinski definition) is 2. The molecule has 5 nitrogen and oxygen atoms in total. The number of amides is 1. The van der Waals surface area contributed by atoms with Crippen molar-refractivity contribution >= 4 is 46.3 Å². The molecule has 0 bridgehead atoms. The van der Waals surface area contributed by atoms with Crippen molar-refractivity contribution in [2.24, 2.45) is 0 Å². The monoisotopic (exact) mass is 372 g/mol. The molecule has 0 spiro atoms. The van der Waals surface area contributed by atoms with Gasteiger partial charge in [-0.05, 0) is 49.4 Å². The van der Waals surface area contributed by atoms with Gasteiger partial charge in [-0.3, -0.25) is 4.79 Å². The Morgan fingerprint density at radius 3 is 2.32 bits per heavy atom. The van der Waals surface area contributed by atoms with Crippen molar-refractivity contribution in [1.29, 1.82) is 0 Å². The van der Waals surface area contributed by atoms with E-state index < -0.39 is 0 Å². The maximum absolute atomic E-state index is 12.2. The quantitative estimate of drug-likeness (QED) is 0.669. The molecular weight excluding hydrogens is 359 g/mol. The largest absolute Gasteiger partial charge is 0.340 e. The molecule has 2 N–H and O–H groups in total. The van der Waals surface area contributed by atoms with Crippen LogP contribution in [0.1, 0.15) is 16.1 Å². The first-order valence-corrected chi connectivity index (χ1v) is 8.19. The molecule has 3 aromatic rings. The van der Waals surface area contributed by atoms with E-state index in [0.717, 1.165) is 11.4 Å². The van der Waals surface area contributed by atoms with Gasteiger partial charge in [0.15, 0.2) is 0 Å². The van der Waals surface area contributed by atoms with Crippen LogP contribution in [0.25, 0.3) is 0 Å². The molecular formula is C18H14Cl2N4O. The lowest BCUT2D eigenvalue weighted by atomic mass is 10.2. The second-order valence-corrected chi connectivity index (χ2v) is 6.14. The lowest BCUT2D eigenvalue weighted by Crippen LogP contribution is -2.11. The Bertz CT molecular complexity index is 913. The van der Waals surface area contributed by atoms with Gasteiger partial charge in [0, 0.05) is 28.7 Å². The Hall–Kier alpha value is -2.63. The van der Waals surface area contributed by atoms with Gasteiger partial charge in [0.05, 0.1) is 10.0 Å². The van der Waals surface area contributed by atoms with Crippen molar-refractivity contribution < 1.29 is 4.79 Å². The molecule has 0 aliphatic carbocycles. The zero-order valence-corrected chi connectivity index (χ0v) is 14.8. The van der Waals surface area contributed by atoms with E-state index in [2.05, 4.69) is 20.6 Å². The molecule has 0 fully saturated rings. The fourth-order valence-corrected chi connectivity index (χ4v) is 2.45. The molecule has 25 heavy (non-hydrogen) atoms. The number of aromatic nitrogens is 2. The number of halogens is 2. The third-order valence-electron chi connectivity index (χ3n) is 3.40. The van der Waals surface area contributed by atoms with Crippen LogP contribution in [-0.4, -0.2) is 15.9 Å². The van der Waals surface area contributed by atoms with Crippen LogP contribution >= 0.6 is 23.2 Å². The normalized spacial score (nSPS) is 10.4. The molecule has 1 heterocycles. The Kier molecular flexibility index (Phi) is 5.16. The molecule has 1 amide bonds. The van der Waals surface area contributed by atoms with E-state index in [1.54, 1.807) is 24.3 Å². The molecule has 0 radical (unpaired) electrons. The first kappa shape index (κ1) is 17.2. The van der Waals surface area contributed by atoms with Gasteiger partial charge in [0.1, 0.15) is 12.1 Å². The average molecular weight is 373 g/mol. The number of benzene rings is 2. The Balaban J connectivity index is 1.67. The molecule has 7 heteroatoms. The minimum Gasteiger partial charge on any atom is -0.340 e. The first-order valence-electron chi connectivity index (χ1n) is 7.43. The summed E-state index contributed by atoms with van der Waals surface area (Å²) >= 11 is 11.8. The van der Waals surface area contributed by atoms with Crippen LogP contribution in [0.2, 0.25) is 10.0 Å². The van der Waals surface area contributed by atoms with E-state index in [1.165, 1.54) is 12.4 Å². The first-order chi connectivity index (χ1) is 12.0. The van der Waals surface area contributed by atoms with E-state index in [9.17, 15) is 4.79 Å². The zero-order valence-electron chi connectivity index (χ0n) is 13.3. The summed E-state index contributed by atoms with van der Waals surface area (Å²) in [7, 11) is 0. The second-order valence-electron chi connectivity index (χ2n) is 5.33. The maximum Gasteiger partial charge on any atom is 0.255 e. The molecule has 1 aromatic heterocycles. The summed E-state index contributed by atoms with van der Waals surface area (Å²) in [6, 6.07) is 13.9. The Morgan fingerprint density at radius 2 is 1.64 bits per heavy atom. The summed E-state index contributed by atoms with van der Waals surface area (Å²) in [6.45, 7) is 1.90. The van der Waals surface area contributed by atoms with Crippen LogP contribution in [0, 0.1) is 6.92 Å². The number of carbonyl (C=O) groups is 1. The van der Waals surface area contributed by atoms with Gasteiger partial charge in [-0.15, -0.1) is 0 Å². The maximum atomic E-state index is 12.2. The van der Waals surface area contributed by atoms with Crippen LogP contribution in [0.4, 0.5) is 17.2 Å². The number of nitrogens with zero attached hydrogens (tertiary/aromatic N) is 2. The second kappa shape index (κ2) is 7.51. The van der Waals surface area contributed by atoms with Gasteiger partial charge in [0.25, 0.3) is 5.91 Å². The fraction of sp³-hybridized carbons (Fsp3) is 0.0556. The summed E-state index contributed by atoms with van der Waals surface area (Å²) in [5.41, 5.74) is 2.84. The minimum atomic E-state index is -0.259. The third-order valence-corrected chi connectivity index (χ3v) is 4.14. The molecule has 0 aliphatic rings. The molecule has 126 valence electrons. The molecule has 2 aromatic carbocycles. The van der Waals surface area contributed by atoms with Crippen molar-refractivity contribution in [2.45, 2.75) is 6.92 Å². The van der Waals surface area contributed by atoms with Crippen molar-refractivity contribution in [1.82, 2.24) is 9.97 Å². The average Bonchev–Trinajstić information content (AvgIpc) is 2.59. The van der Waals surface area contributed by atoms with Gasteiger partial charge >= 0.3 is 0 Å². The molecule has 0 saturated heterocycles. The molecule has 0 aliphatic heterocycles. The van der Waals surface area contributed by atoms with Gasteiger partial charge in [0.2, 0.25) is 0 Å². The van der Waals surface area contributed by atoms with Crippen molar-refractivity contribution in [3.8, 4) is 0 Å². The highest BCUT2D eigenvalue weighted by Crippen LogP contribution is 2.23. The molecule has 3 rings (SSSR count). The van der Waals surface area contributed by atoms with Crippen LogP contribution < -0.4 is 10.6 Å². The lowest BCUT2D eigenvalue weighted by Gasteiger charge is -2.09. The van der Waals surface area contributed by atoms with E-state index in [1.807, 2.05) is 25.1 Å². The predicted molar refractivity (Wildman–Crippen MR) is 101 cm³/mol. The standard InChI is InChI=1S/C18H14Cl2N4O/c1-11-8-17(22-10-21-11)23-13-3-5-14(6-4-13)24-18(25)12-2-7-15(19)16(20)9-12/h2-10H,1H3,(H,24,25)(H,21,22,23). The Morgan fingerprint density at radius 1 is 0.920 bits per heavy atom. The van der Waals surface area contributed by atoms with Crippen molar-refractivity contribution in [3.05, 3.63) is 76.2 Å². The molecule has 0 unspecified atom stereocenters. The van der Waals surface area contributed by atoms with Gasteiger partial charge in [-0.25, -0.2) is 9.97 Å². The van der Waals surface area contributed by atoms with E-state index in [-0.39, 0.29) is 5.91 Å². The molecule has 0 atom stereocenters. The third kappa shape index (κ3) is 4.47. The summed E-state index contributed by atoms with van der Waals surface area (Å²) in [4.78, 5) is 20.4. The SMILES string of the molecule is Cc1cc(Nc2ccc(NC(=O)c3ccc(Cl)c(Cl)c3)cc2)ncn1. The number of hydrogen-bond acceptors (Lipinski definition) is 4. The fourth-order valence-electron chi connectivity index (χ4n) is 2.15. The number of anilines is 3. The van der Waals surface area contributed by atoms with Gasteiger partial charge < -0.3 is 10.6 Å². The summed E-state index contributed by atoms with van der Waals surface area (Å²) in [6.07, 6.45) is 1.50. The Labute approximate surface area is 155 Å². The smallest absolute Gasteiger partial charge is 0.255 e. The predicted octanol–water partition coefficient (Wildman–Crippen LogP) is 5.09. The van der Waals surface area contributed by atoms with Crippen molar-refractivity contribution in [3.63, 3.8) is 0 Å². The number of aryl methyl sites for hydroxylation is 1. The topological polar surface area (TPSA) is 66.9 Å². The van der Waals surface area contributed by atoms with Gasteiger partial charge in [-0.2, -0.15) is 0 Å². The van der Waals surface area contributed by atoms with Crippen LogP contribution in [-0.2, 0) is 0 Å². The van der Waals surface area contributed by atoms with E-state index in [0.29, 0.717) is 27.1 Å².